The van der Waals surface area contributed by atoms with Crippen molar-refractivity contribution >= 4 is 0 Å². The van der Waals surface area contributed by atoms with E-state index in [2.05, 4.69) is 11.6 Å². The Kier molecular flexibility index (Phi) is 1.90. The minimum absolute atomic E-state index is 0.289. The van der Waals surface area contributed by atoms with Crippen molar-refractivity contribution in [2.24, 2.45) is 0 Å². The zero-order valence-corrected chi connectivity index (χ0v) is 6.29. The highest BCUT2D eigenvalue weighted by Crippen LogP contribution is 2.14. The van der Waals surface area contributed by atoms with Crippen LogP contribution < -0.4 is 0 Å². The second-order valence-corrected chi connectivity index (χ2v) is 2.32. The number of oxazole rings is 1. The van der Waals surface area contributed by atoms with E-state index < -0.39 is 0 Å². The Labute approximate surface area is 60.6 Å². The summed E-state index contributed by atoms with van der Waals surface area (Å²) in [5.74, 6) is 1.00. The summed E-state index contributed by atoms with van der Waals surface area (Å²) in [5, 5.41) is 0. The molecular formula is C8H11NO. The Morgan fingerprint density at radius 1 is 1.80 bits per heavy atom. The van der Waals surface area contributed by atoms with Crippen LogP contribution in [-0.2, 0) is 0 Å². The second-order valence-electron chi connectivity index (χ2n) is 2.32. The molecule has 0 aromatic carbocycles. The molecule has 1 heterocycles. The van der Waals surface area contributed by atoms with Crippen LogP contribution in [-0.4, -0.2) is 4.98 Å². The summed E-state index contributed by atoms with van der Waals surface area (Å²) in [6, 6.07) is 0. The Hall–Kier alpha value is -1.05. The van der Waals surface area contributed by atoms with Crippen LogP contribution in [0.15, 0.2) is 23.3 Å². The molecule has 0 radical (unpaired) electrons. The van der Waals surface area contributed by atoms with Crippen LogP contribution in [0.4, 0.5) is 0 Å². The first kappa shape index (κ1) is 7.06. The van der Waals surface area contributed by atoms with Crippen molar-refractivity contribution in [3.63, 3.8) is 0 Å². The quantitative estimate of drug-likeness (QED) is 0.584. The fourth-order valence-corrected chi connectivity index (χ4v) is 0.710. The molecule has 1 aromatic heterocycles. The molecule has 0 aliphatic heterocycles. The number of aromatic nitrogens is 1. The lowest BCUT2D eigenvalue weighted by molar-refractivity contribution is 0.520. The van der Waals surface area contributed by atoms with Crippen LogP contribution in [0.25, 0.3) is 0 Å². The van der Waals surface area contributed by atoms with Gasteiger partial charge in [0.25, 0.3) is 0 Å². The fourth-order valence-electron chi connectivity index (χ4n) is 0.710. The average Bonchev–Trinajstić information content (AvgIpc) is 2.34. The monoisotopic (exact) mass is 137 g/mol. The van der Waals surface area contributed by atoms with Crippen molar-refractivity contribution in [3.8, 4) is 0 Å². The highest BCUT2D eigenvalue weighted by molar-refractivity contribution is 5.08. The van der Waals surface area contributed by atoms with Crippen molar-refractivity contribution in [1.29, 1.82) is 0 Å². The topological polar surface area (TPSA) is 26.0 Å². The second kappa shape index (κ2) is 2.69. The summed E-state index contributed by atoms with van der Waals surface area (Å²) in [5.41, 5.74) is 0.951. The minimum atomic E-state index is 0.289. The third-order valence-corrected chi connectivity index (χ3v) is 1.46. The molecular weight excluding hydrogens is 126 g/mol. The third-order valence-electron chi connectivity index (χ3n) is 1.46. The molecule has 0 bridgehead atoms. The summed E-state index contributed by atoms with van der Waals surface area (Å²) in [6.45, 7) is 7.53. The van der Waals surface area contributed by atoms with Gasteiger partial charge in [0.05, 0.1) is 5.69 Å². The molecule has 2 nitrogen and oxygen atoms in total. The van der Waals surface area contributed by atoms with Gasteiger partial charge in [-0.25, -0.2) is 4.98 Å². The predicted molar refractivity (Wildman–Crippen MR) is 39.9 cm³/mol. The average molecular weight is 137 g/mol. The fraction of sp³-hybridized carbons (Fsp3) is 0.375. The minimum Gasteiger partial charge on any atom is -0.449 e. The van der Waals surface area contributed by atoms with E-state index in [1.165, 1.54) is 0 Å². The summed E-state index contributed by atoms with van der Waals surface area (Å²) in [6.07, 6.45) is 3.51. The number of hydrogen-bond acceptors (Lipinski definition) is 2. The van der Waals surface area contributed by atoms with Gasteiger partial charge < -0.3 is 4.42 Å². The molecule has 0 amide bonds. The Bertz CT molecular complexity index is 227. The summed E-state index contributed by atoms with van der Waals surface area (Å²) >= 11 is 0. The van der Waals surface area contributed by atoms with E-state index in [0.717, 1.165) is 5.69 Å². The van der Waals surface area contributed by atoms with Gasteiger partial charge in [-0.3, -0.25) is 0 Å². The first-order chi connectivity index (χ1) is 4.74. The summed E-state index contributed by atoms with van der Waals surface area (Å²) in [7, 11) is 0. The first-order valence-corrected chi connectivity index (χ1v) is 3.28. The molecule has 2 heteroatoms. The molecule has 0 N–H and O–H groups in total. The largest absolute Gasteiger partial charge is 0.449 e. The SMILES string of the molecule is C=CC(C)c1coc(C)n1. The molecule has 54 valence electrons. The molecule has 0 fully saturated rings. The first-order valence-electron chi connectivity index (χ1n) is 3.28. The van der Waals surface area contributed by atoms with E-state index >= 15 is 0 Å². The van der Waals surface area contributed by atoms with E-state index in [4.69, 9.17) is 4.42 Å². The molecule has 1 aromatic rings. The van der Waals surface area contributed by atoms with Gasteiger partial charge in [0.2, 0.25) is 0 Å². The number of rotatable bonds is 2. The highest BCUT2D eigenvalue weighted by Gasteiger charge is 2.04. The van der Waals surface area contributed by atoms with Gasteiger partial charge in [-0.15, -0.1) is 6.58 Å². The standard InChI is InChI=1S/C8H11NO/c1-4-6(2)8-5-10-7(3)9-8/h4-6H,1H2,2-3H3. The van der Waals surface area contributed by atoms with E-state index in [1.807, 2.05) is 19.9 Å². The predicted octanol–water partition coefficient (Wildman–Crippen LogP) is 2.27. The molecule has 0 saturated carbocycles. The summed E-state index contributed by atoms with van der Waals surface area (Å²) < 4.78 is 5.03. The maximum Gasteiger partial charge on any atom is 0.191 e. The van der Waals surface area contributed by atoms with E-state index in [9.17, 15) is 0 Å². The van der Waals surface area contributed by atoms with E-state index in [1.54, 1.807) is 6.26 Å². The van der Waals surface area contributed by atoms with Gasteiger partial charge in [-0.05, 0) is 0 Å². The molecule has 10 heavy (non-hydrogen) atoms. The van der Waals surface area contributed by atoms with E-state index in [0.29, 0.717) is 5.89 Å². The molecule has 0 saturated heterocycles. The Morgan fingerprint density at radius 2 is 2.50 bits per heavy atom. The lowest BCUT2D eigenvalue weighted by Gasteiger charge is -1.95. The Morgan fingerprint density at radius 3 is 2.90 bits per heavy atom. The van der Waals surface area contributed by atoms with Crippen molar-refractivity contribution in [2.75, 3.05) is 0 Å². The third kappa shape index (κ3) is 1.26. The zero-order valence-electron chi connectivity index (χ0n) is 6.29. The molecule has 1 rings (SSSR count). The van der Waals surface area contributed by atoms with Crippen molar-refractivity contribution in [1.82, 2.24) is 4.98 Å². The zero-order chi connectivity index (χ0) is 7.56. The van der Waals surface area contributed by atoms with Crippen molar-refractivity contribution in [3.05, 3.63) is 30.5 Å². The number of nitrogens with zero attached hydrogens (tertiary/aromatic N) is 1. The van der Waals surface area contributed by atoms with Crippen LogP contribution in [0.2, 0.25) is 0 Å². The molecule has 0 aliphatic carbocycles. The van der Waals surface area contributed by atoms with Crippen molar-refractivity contribution < 1.29 is 4.42 Å². The maximum atomic E-state index is 5.03. The highest BCUT2D eigenvalue weighted by atomic mass is 16.3. The van der Waals surface area contributed by atoms with Crippen LogP contribution >= 0.6 is 0 Å². The number of allylic oxidation sites excluding steroid dienone is 1. The van der Waals surface area contributed by atoms with Crippen LogP contribution in [0, 0.1) is 6.92 Å². The maximum absolute atomic E-state index is 5.03. The normalized spacial score (nSPS) is 13.0. The van der Waals surface area contributed by atoms with Gasteiger partial charge in [0.15, 0.2) is 5.89 Å². The lowest BCUT2D eigenvalue weighted by atomic mass is 10.1. The molecule has 0 spiro atoms. The van der Waals surface area contributed by atoms with Crippen molar-refractivity contribution in [2.45, 2.75) is 19.8 Å². The van der Waals surface area contributed by atoms with Gasteiger partial charge >= 0.3 is 0 Å². The van der Waals surface area contributed by atoms with Crippen LogP contribution in [0.1, 0.15) is 24.4 Å². The van der Waals surface area contributed by atoms with Gasteiger partial charge in [-0.1, -0.05) is 13.0 Å². The van der Waals surface area contributed by atoms with Gasteiger partial charge in [-0.2, -0.15) is 0 Å². The molecule has 1 unspecified atom stereocenters. The number of hydrogen-bond donors (Lipinski definition) is 0. The van der Waals surface area contributed by atoms with E-state index in [-0.39, 0.29) is 5.92 Å². The lowest BCUT2D eigenvalue weighted by Crippen LogP contribution is -1.87. The number of aryl methyl sites for hydroxylation is 1. The molecule has 1 atom stereocenters. The smallest absolute Gasteiger partial charge is 0.191 e. The molecule has 0 aliphatic rings. The van der Waals surface area contributed by atoms with Gasteiger partial charge in [0.1, 0.15) is 6.26 Å². The summed E-state index contributed by atoms with van der Waals surface area (Å²) in [4.78, 5) is 4.14. The Balaban J connectivity index is 2.84. The van der Waals surface area contributed by atoms with Gasteiger partial charge in [0, 0.05) is 12.8 Å². The van der Waals surface area contributed by atoms with Crippen LogP contribution in [0.3, 0.4) is 0 Å². The van der Waals surface area contributed by atoms with Crippen LogP contribution in [0.5, 0.6) is 0 Å².